The Balaban J connectivity index is 0.904. The quantitative estimate of drug-likeness (QED) is 0.115. The minimum Gasteiger partial charge on any atom is -0.311 e. The van der Waals surface area contributed by atoms with E-state index < -0.39 is 0 Å². The van der Waals surface area contributed by atoms with Gasteiger partial charge in [-0.3, -0.25) is 0 Å². The molecule has 16 aromatic carbocycles. The second-order valence-electron chi connectivity index (χ2n) is 27.3. The molecular formula is C98H62N8S. The second-order valence-corrected chi connectivity index (χ2v) is 28.3. The smallest absolute Gasteiger partial charge is 0.128 e. The van der Waals surface area contributed by atoms with Crippen molar-refractivity contribution in [1.29, 1.82) is 5.26 Å². The fraction of sp³-hybridized carbons (Fsp3) is 0. The van der Waals surface area contributed by atoms with Crippen LogP contribution in [0.5, 0.6) is 0 Å². The molecule has 0 bridgehead atoms. The summed E-state index contributed by atoms with van der Waals surface area (Å²) in [6.07, 6.45) is 0. The van der Waals surface area contributed by atoms with Gasteiger partial charge in [0.2, 0.25) is 0 Å². The van der Waals surface area contributed by atoms with Gasteiger partial charge in [0.05, 0.1) is 88.2 Å². The number of rotatable bonds is 13. The summed E-state index contributed by atoms with van der Waals surface area (Å²) in [6.45, 7) is 0. The highest BCUT2D eigenvalue weighted by Crippen LogP contribution is 2.54. The summed E-state index contributed by atoms with van der Waals surface area (Å²) in [5.74, 6) is 0. The highest BCUT2D eigenvalue weighted by atomic mass is 32.1. The van der Waals surface area contributed by atoms with Crippen LogP contribution in [-0.2, 0) is 0 Å². The van der Waals surface area contributed by atoms with Crippen molar-refractivity contribution in [1.82, 2.24) is 23.3 Å². The predicted octanol–water partition coefficient (Wildman–Crippen LogP) is 26.5. The van der Waals surface area contributed by atoms with Crippen molar-refractivity contribution in [3.63, 3.8) is 0 Å². The summed E-state index contributed by atoms with van der Waals surface area (Å²) in [5, 5.41) is 22.5. The molecule has 0 saturated heterocycles. The van der Waals surface area contributed by atoms with Gasteiger partial charge in [0, 0.05) is 77.2 Å². The largest absolute Gasteiger partial charge is 0.311 e. The lowest BCUT2D eigenvalue weighted by Gasteiger charge is -2.29. The lowest BCUT2D eigenvalue weighted by molar-refractivity contribution is 1.02. The molecule has 21 rings (SSSR count). The number of benzene rings is 16. The van der Waals surface area contributed by atoms with Crippen LogP contribution in [-0.4, -0.2) is 23.3 Å². The first kappa shape index (κ1) is 61.4. The van der Waals surface area contributed by atoms with E-state index in [-0.39, 0.29) is 0 Å². The van der Waals surface area contributed by atoms with Gasteiger partial charge in [-0.25, -0.2) is 4.98 Å². The van der Waals surface area contributed by atoms with Gasteiger partial charge in [0.15, 0.2) is 0 Å². The van der Waals surface area contributed by atoms with E-state index in [1.807, 2.05) is 0 Å². The Morgan fingerprint density at radius 2 is 0.533 bits per heavy atom. The van der Waals surface area contributed by atoms with Gasteiger partial charge in [-0.05, 0) is 168 Å². The monoisotopic (exact) mass is 1380 g/mol. The zero-order valence-corrected chi connectivity index (χ0v) is 58.6. The first-order valence-corrected chi connectivity index (χ1v) is 37.0. The van der Waals surface area contributed by atoms with E-state index in [0.29, 0.717) is 5.56 Å². The summed E-state index contributed by atoms with van der Waals surface area (Å²) < 4.78 is 10.9. The number of hydrogen-bond acceptors (Lipinski definition) is 5. The van der Waals surface area contributed by atoms with Crippen molar-refractivity contribution in [2.24, 2.45) is 0 Å². The third-order valence-electron chi connectivity index (χ3n) is 21.4. The molecule has 5 aromatic heterocycles. The first-order valence-electron chi connectivity index (χ1n) is 36.2. The number of fused-ring (bicyclic) bond motifs is 13. The fourth-order valence-corrected chi connectivity index (χ4v) is 17.8. The number of nitriles is 1. The SMILES string of the molecule is N#Cc1c(-c2nc3ccccc3s2)c(-n2c3ccccc3c3ccccc32)c(-n2c3ccccc3c3cc(-c4ccc(N(c5ccccc5)c5ccccc5)cc4)ccc32)c(-n2c3ccccc3c3cc(-c4ccc(N(c5ccccc5)c5ccccc5)cc4)ccc32)c1-n1c2ccccc2c2ccccc21. The van der Waals surface area contributed by atoms with Gasteiger partial charge in [-0.1, -0.05) is 231 Å². The highest BCUT2D eigenvalue weighted by molar-refractivity contribution is 7.21. The van der Waals surface area contributed by atoms with Crippen LogP contribution in [0.3, 0.4) is 0 Å². The normalized spacial score (nSPS) is 11.7. The molecule has 0 aliphatic rings. The van der Waals surface area contributed by atoms with E-state index >= 15 is 0 Å². The van der Waals surface area contributed by atoms with Crippen LogP contribution in [0.25, 0.3) is 153 Å². The number of hydrogen-bond donors (Lipinski definition) is 0. The van der Waals surface area contributed by atoms with Crippen LogP contribution < -0.4 is 9.80 Å². The predicted molar refractivity (Wildman–Crippen MR) is 447 cm³/mol. The van der Waals surface area contributed by atoms with E-state index in [2.05, 4.69) is 410 Å². The molecular weight excluding hydrogens is 1320 g/mol. The molecule has 0 aliphatic heterocycles. The standard InChI is InChI=1S/C98H62N8S/c99-63-82-93(98-100-83-41-19-26-48-92(83)107-98)95(104-86-44-22-15-37-76(86)77-38-16-23-45-87(77)104)97(106-89-47-25-18-40-79(89)81-62-67(54-60-91(81)106)65-51-57-73(58-52-65)102(70-31-9-3-10-32-70)71-33-11-4-12-34-71)96(94(82)103-84-42-20-13-35-74(84)75-36-14-21-43-85(75)103)105-88-46-24-17-39-78(88)80-61-66(53-59-90(80)105)64-49-55-72(56-50-64)101(68-27-5-1-6-28-68)69-29-7-2-8-30-69/h1-62H. The van der Waals surface area contributed by atoms with Crippen LogP contribution in [0.4, 0.5) is 34.1 Å². The number of anilines is 6. The average Bonchev–Trinajstić information content (AvgIpc) is 1.55. The Morgan fingerprint density at radius 1 is 0.252 bits per heavy atom. The van der Waals surface area contributed by atoms with E-state index in [4.69, 9.17) is 4.98 Å². The van der Waals surface area contributed by atoms with Gasteiger partial charge < -0.3 is 28.1 Å². The molecule has 0 saturated carbocycles. The maximum Gasteiger partial charge on any atom is 0.128 e. The third kappa shape index (κ3) is 9.78. The Labute approximate surface area is 620 Å². The Hall–Kier alpha value is -14.3. The molecule has 0 unspecified atom stereocenters. The molecule has 500 valence electrons. The molecule has 0 aliphatic carbocycles. The maximum absolute atomic E-state index is 13.2. The minimum atomic E-state index is 0.485. The second kappa shape index (κ2) is 25.0. The van der Waals surface area contributed by atoms with Crippen molar-refractivity contribution in [2.75, 3.05) is 9.80 Å². The Morgan fingerprint density at radius 3 is 0.897 bits per heavy atom. The Kier molecular flexibility index (Phi) is 14.3. The molecule has 0 amide bonds. The Bertz CT molecular complexity index is 6900. The first-order chi connectivity index (χ1) is 53.1. The number of aromatic nitrogens is 5. The van der Waals surface area contributed by atoms with Crippen LogP contribution in [0.1, 0.15) is 5.56 Å². The summed E-state index contributed by atoms with van der Waals surface area (Å²) >= 11 is 1.63. The average molecular weight is 1380 g/mol. The van der Waals surface area contributed by atoms with Gasteiger partial charge >= 0.3 is 0 Å². The molecule has 0 spiro atoms. The molecule has 107 heavy (non-hydrogen) atoms. The molecule has 8 nitrogen and oxygen atoms in total. The topological polar surface area (TPSA) is 62.9 Å². The van der Waals surface area contributed by atoms with Crippen LogP contribution >= 0.6 is 11.3 Å². The van der Waals surface area contributed by atoms with E-state index in [1.165, 1.54) is 0 Å². The molecule has 21 aromatic rings. The van der Waals surface area contributed by atoms with Gasteiger partial charge in [-0.2, -0.15) is 5.26 Å². The summed E-state index contributed by atoms with van der Waals surface area (Å²) in [5.41, 5.74) is 24.0. The van der Waals surface area contributed by atoms with Crippen LogP contribution in [0.15, 0.2) is 376 Å². The van der Waals surface area contributed by atoms with Crippen molar-refractivity contribution < 1.29 is 0 Å². The lowest BCUT2D eigenvalue weighted by Crippen LogP contribution is -2.16. The zero-order chi connectivity index (χ0) is 70.6. The maximum atomic E-state index is 13.2. The molecule has 0 radical (unpaired) electrons. The molecule has 0 fully saturated rings. The zero-order valence-electron chi connectivity index (χ0n) is 57.8. The van der Waals surface area contributed by atoms with Crippen molar-refractivity contribution in [3.05, 3.63) is 382 Å². The van der Waals surface area contributed by atoms with Crippen molar-refractivity contribution >= 4 is 143 Å². The number of nitrogens with zero attached hydrogens (tertiary/aromatic N) is 8. The number of thiazole rings is 1. The molecule has 9 heteroatoms. The number of para-hydroxylation sites is 11. The van der Waals surface area contributed by atoms with Crippen molar-refractivity contribution in [3.8, 4) is 61.6 Å². The van der Waals surface area contributed by atoms with Crippen molar-refractivity contribution in [2.45, 2.75) is 0 Å². The van der Waals surface area contributed by atoms with E-state index in [0.717, 1.165) is 187 Å². The van der Waals surface area contributed by atoms with E-state index in [1.54, 1.807) is 11.3 Å². The fourth-order valence-electron chi connectivity index (χ4n) is 16.8. The molecule has 0 atom stereocenters. The van der Waals surface area contributed by atoms with Crippen LogP contribution in [0.2, 0.25) is 0 Å². The van der Waals surface area contributed by atoms with Crippen LogP contribution in [0, 0.1) is 11.3 Å². The molecule has 5 heterocycles. The summed E-state index contributed by atoms with van der Waals surface area (Å²) in [6, 6.07) is 138. The van der Waals surface area contributed by atoms with E-state index in [9.17, 15) is 5.26 Å². The minimum absolute atomic E-state index is 0.485. The molecule has 0 N–H and O–H groups in total. The lowest BCUT2D eigenvalue weighted by atomic mass is 9.97. The van der Waals surface area contributed by atoms with Gasteiger partial charge in [0.1, 0.15) is 11.1 Å². The van der Waals surface area contributed by atoms with Gasteiger partial charge in [-0.15, -0.1) is 11.3 Å². The summed E-state index contributed by atoms with van der Waals surface area (Å²) in [7, 11) is 0. The highest BCUT2D eigenvalue weighted by Gasteiger charge is 2.36. The summed E-state index contributed by atoms with van der Waals surface area (Å²) in [4.78, 5) is 10.3. The third-order valence-corrected chi connectivity index (χ3v) is 22.4. The van der Waals surface area contributed by atoms with Gasteiger partial charge in [0.25, 0.3) is 0 Å².